The molecule has 0 radical (unpaired) electrons. The number of anilines is 2. The van der Waals surface area contributed by atoms with Gasteiger partial charge >= 0.3 is 11.7 Å². The second kappa shape index (κ2) is 6.38. The zero-order valence-electron chi connectivity index (χ0n) is 10.7. The number of nitrogens with two attached hydrogens (primary N) is 1. The number of nitrogens with zero attached hydrogens (tertiary/aromatic N) is 3. The molecule has 0 fully saturated rings. The van der Waals surface area contributed by atoms with Crippen molar-refractivity contribution in [1.82, 2.24) is 15.2 Å². The Bertz CT molecular complexity index is 476. The Hall–Kier alpha value is -2.58. The molecule has 0 aromatic carbocycles. The highest BCUT2D eigenvalue weighted by atomic mass is 16.6. The Morgan fingerprint density at radius 3 is 2.74 bits per heavy atom. The number of hydrogen-bond acceptors (Lipinski definition) is 6. The summed E-state index contributed by atoms with van der Waals surface area (Å²) in [5.74, 6) is 0.273. The molecule has 0 spiro atoms. The average molecular weight is 268 g/mol. The van der Waals surface area contributed by atoms with E-state index >= 15 is 0 Å². The van der Waals surface area contributed by atoms with E-state index in [4.69, 9.17) is 5.73 Å². The molecule has 19 heavy (non-hydrogen) atoms. The van der Waals surface area contributed by atoms with Crippen molar-refractivity contribution in [3.05, 3.63) is 22.2 Å². The van der Waals surface area contributed by atoms with E-state index < -0.39 is 4.92 Å². The van der Waals surface area contributed by atoms with Crippen molar-refractivity contribution in [2.24, 2.45) is 0 Å². The van der Waals surface area contributed by atoms with Crippen molar-refractivity contribution < 1.29 is 9.72 Å². The van der Waals surface area contributed by atoms with Crippen LogP contribution in [-0.2, 0) is 0 Å². The molecule has 9 heteroatoms. The maximum atomic E-state index is 11.2. The molecule has 0 saturated heterocycles. The molecule has 0 bridgehead atoms. The van der Waals surface area contributed by atoms with Gasteiger partial charge in [-0.1, -0.05) is 0 Å². The first-order valence-corrected chi connectivity index (χ1v) is 5.51. The van der Waals surface area contributed by atoms with E-state index in [2.05, 4.69) is 15.6 Å². The van der Waals surface area contributed by atoms with Crippen LogP contribution in [0.5, 0.6) is 0 Å². The predicted octanol–water partition coefficient (Wildman–Crippen LogP) is 0.255. The number of urea groups is 1. The lowest BCUT2D eigenvalue weighted by Gasteiger charge is -2.12. The van der Waals surface area contributed by atoms with E-state index in [-0.39, 0.29) is 23.4 Å². The Kier molecular flexibility index (Phi) is 4.86. The molecule has 0 aliphatic heterocycles. The molecular formula is C10H16N6O3. The van der Waals surface area contributed by atoms with Crippen LogP contribution < -0.4 is 16.4 Å². The molecule has 4 N–H and O–H groups in total. The van der Waals surface area contributed by atoms with Gasteiger partial charge in [0.05, 0.1) is 4.92 Å². The summed E-state index contributed by atoms with van der Waals surface area (Å²) in [6.07, 6.45) is 0. The lowest BCUT2D eigenvalue weighted by Crippen LogP contribution is -2.37. The molecule has 9 nitrogen and oxygen atoms in total. The lowest BCUT2D eigenvalue weighted by molar-refractivity contribution is -0.384. The summed E-state index contributed by atoms with van der Waals surface area (Å²) in [5.41, 5.74) is 5.31. The highest BCUT2D eigenvalue weighted by molar-refractivity contribution is 5.73. The average Bonchev–Trinajstić information content (AvgIpc) is 2.33. The molecule has 0 aliphatic carbocycles. The van der Waals surface area contributed by atoms with Crippen LogP contribution >= 0.6 is 0 Å². The SMILES string of the molecule is CN(C)C(=O)NCCNc1nc(N)ccc1[N+](=O)[O-]. The van der Waals surface area contributed by atoms with Crippen LogP contribution in [0.15, 0.2) is 12.1 Å². The fourth-order valence-corrected chi connectivity index (χ4v) is 1.25. The molecule has 0 atom stereocenters. The number of carbonyl (C=O) groups excluding carboxylic acids is 1. The highest BCUT2D eigenvalue weighted by Gasteiger charge is 2.14. The van der Waals surface area contributed by atoms with E-state index in [1.165, 1.54) is 17.0 Å². The van der Waals surface area contributed by atoms with Crippen LogP contribution in [0.1, 0.15) is 0 Å². The number of carbonyl (C=O) groups is 1. The normalized spacial score (nSPS) is 9.79. The Balaban J connectivity index is 2.55. The van der Waals surface area contributed by atoms with Crippen molar-refractivity contribution in [2.45, 2.75) is 0 Å². The maximum Gasteiger partial charge on any atom is 0.316 e. The van der Waals surface area contributed by atoms with Gasteiger partial charge in [0.25, 0.3) is 0 Å². The van der Waals surface area contributed by atoms with Gasteiger partial charge in [0.1, 0.15) is 5.82 Å². The van der Waals surface area contributed by atoms with Gasteiger partial charge in [-0.2, -0.15) is 0 Å². The van der Waals surface area contributed by atoms with Crippen LogP contribution in [0, 0.1) is 10.1 Å². The summed E-state index contributed by atoms with van der Waals surface area (Å²) in [4.78, 5) is 26.7. The standard InChI is InChI=1S/C10H16N6O3/c1-15(2)10(17)13-6-5-12-9-7(16(18)19)3-4-8(11)14-9/h3-4H,5-6H2,1-2H3,(H,13,17)(H3,11,12,14). The zero-order valence-corrected chi connectivity index (χ0v) is 10.7. The van der Waals surface area contributed by atoms with Gasteiger partial charge in [-0.25, -0.2) is 9.78 Å². The van der Waals surface area contributed by atoms with E-state index in [0.29, 0.717) is 13.1 Å². The minimum atomic E-state index is -0.548. The Morgan fingerprint density at radius 1 is 1.47 bits per heavy atom. The van der Waals surface area contributed by atoms with Gasteiger partial charge in [0, 0.05) is 33.3 Å². The Morgan fingerprint density at radius 2 is 2.16 bits per heavy atom. The second-order valence-electron chi connectivity index (χ2n) is 3.91. The van der Waals surface area contributed by atoms with Crippen LogP contribution in [0.4, 0.5) is 22.1 Å². The topological polar surface area (TPSA) is 126 Å². The van der Waals surface area contributed by atoms with Crippen molar-refractivity contribution in [3.63, 3.8) is 0 Å². The van der Waals surface area contributed by atoms with Crippen molar-refractivity contribution in [3.8, 4) is 0 Å². The molecule has 0 unspecified atom stereocenters. The molecule has 1 aromatic rings. The molecule has 2 amide bonds. The van der Waals surface area contributed by atoms with Gasteiger partial charge in [0.15, 0.2) is 0 Å². The number of rotatable bonds is 5. The van der Waals surface area contributed by atoms with E-state index in [1.54, 1.807) is 14.1 Å². The number of aromatic nitrogens is 1. The number of hydrogen-bond donors (Lipinski definition) is 3. The predicted molar refractivity (Wildman–Crippen MR) is 70.9 cm³/mol. The largest absolute Gasteiger partial charge is 0.384 e. The fraction of sp³-hybridized carbons (Fsp3) is 0.400. The molecule has 1 rings (SSSR count). The van der Waals surface area contributed by atoms with Crippen LogP contribution in [0.25, 0.3) is 0 Å². The molecule has 0 aliphatic rings. The molecule has 0 saturated carbocycles. The minimum Gasteiger partial charge on any atom is -0.384 e. The number of nitrogen functional groups attached to an aromatic ring is 1. The first-order valence-electron chi connectivity index (χ1n) is 5.51. The van der Waals surface area contributed by atoms with Crippen LogP contribution in [0.3, 0.4) is 0 Å². The summed E-state index contributed by atoms with van der Waals surface area (Å²) in [7, 11) is 3.24. The third kappa shape index (κ3) is 4.30. The highest BCUT2D eigenvalue weighted by Crippen LogP contribution is 2.22. The van der Waals surface area contributed by atoms with Crippen LogP contribution in [0.2, 0.25) is 0 Å². The fourth-order valence-electron chi connectivity index (χ4n) is 1.25. The number of nitro groups is 1. The van der Waals surface area contributed by atoms with Gasteiger partial charge in [-0.3, -0.25) is 10.1 Å². The second-order valence-corrected chi connectivity index (χ2v) is 3.91. The van der Waals surface area contributed by atoms with Gasteiger partial charge in [0.2, 0.25) is 5.82 Å². The van der Waals surface area contributed by atoms with Gasteiger partial charge < -0.3 is 21.3 Å². The number of amides is 2. The minimum absolute atomic E-state index is 0.0871. The van der Waals surface area contributed by atoms with E-state index in [0.717, 1.165) is 0 Å². The third-order valence-corrected chi connectivity index (χ3v) is 2.19. The van der Waals surface area contributed by atoms with Crippen LogP contribution in [-0.4, -0.2) is 48.0 Å². The summed E-state index contributed by atoms with van der Waals surface area (Å²) >= 11 is 0. The van der Waals surface area contributed by atoms with Crippen molar-refractivity contribution >= 4 is 23.4 Å². The summed E-state index contributed by atoms with van der Waals surface area (Å²) < 4.78 is 0. The van der Waals surface area contributed by atoms with Gasteiger partial charge in [-0.15, -0.1) is 0 Å². The molecular weight excluding hydrogens is 252 g/mol. The van der Waals surface area contributed by atoms with E-state index in [9.17, 15) is 14.9 Å². The molecule has 1 aromatic heterocycles. The van der Waals surface area contributed by atoms with Crippen molar-refractivity contribution in [1.29, 1.82) is 0 Å². The summed E-state index contributed by atoms with van der Waals surface area (Å²) in [5, 5.41) is 16.1. The first-order chi connectivity index (χ1) is 8.91. The third-order valence-electron chi connectivity index (χ3n) is 2.19. The maximum absolute atomic E-state index is 11.2. The summed E-state index contributed by atoms with van der Waals surface area (Å²) in [6.45, 7) is 0.613. The quantitative estimate of drug-likeness (QED) is 0.399. The lowest BCUT2D eigenvalue weighted by atomic mass is 10.3. The Labute approximate surface area is 109 Å². The van der Waals surface area contributed by atoms with Gasteiger partial charge in [-0.05, 0) is 6.07 Å². The number of pyridine rings is 1. The molecule has 104 valence electrons. The monoisotopic (exact) mass is 268 g/mol. The summed E-state index contributed by atoms with van der Waals surface area (Å²) in [6, 6.07) is 2.40. The zero-order chi connectivity index (χ0) is 14.4. The first kappa shape index (κ1) is 14.5. The molecule has 1 heterocycles. The van der Waals surface area contributed by atoms with E-state index in [1.807, 2.05) is 0 Å². The smallest absolute Gasteiger partial charge is 0.316 e. The number of nitrogens with one attached hydrogen (secondary N) is 2. The van der Waals surface area contributed by atoms with Crippen molar-refractivity contribution in [2.75, 3.05) is 38.2 Å².